The van der Waals surface area contributed by atoms with Crippen LogP contribution in [0.25, 0.3) is 0 Å². The molecule has 0 unspecified atom stereocenters. The van der Waals surface area contributed by atoms with Gasteiger partial charge in [-0.2, -0.15) is 0 Å². The minimum Gasteiger partial charge on any atom is -0.390 e. The molecule has 2 heterocycles. The maximum atomic E-state index is 12.5. The van der Waals surface area contributed by atoms with Crippen molar-refractivity contribution in [1.82, 2.24) is 24.8 Å². The van der Waals surface area contributed by atoms with Crippen LogP contribution in [0.3, 0.4) is 0 Å². The molecule has 1 fully saturated rings. The number of carbonyl (C=O) groups excluding carboxylic acids is 1. The Morgan fingerprint density at radius 1 is 1.16 bits per heavy atom. The lowest BCUT2D eigenvalue weighted by atomic mass is 10.1. The fraction of sp³-hybridized carbons (Fsp3) is 0.500. The zero-order valence-electron chi connectivity index (χ0n) is 14.2. The highest BCUT2D eigenvalue weighted by molar-refractivity contribution is 5.76. The van der Waals surface area contributed by atoms with Gasteiger partial charge in [0.05, 0.1) is 12.3 Å². The second-order valence-corrected chi connectivity index (χ2v) is 6.92. The van der Waals surface area contributed by atoms with Crippen LogP contribution in [-0.4, -0.2) is 74.1 Å². The molecule has 1 aliphatic carbocycles. The van der Waals surface area contributed by atoms with E-state index in [4.69, 9.17) is 0 Å². The fourth-order valence-corrected chi connectivity index (χ4v) is 3.92. The van der Waals surface area contributed by atoms with E-state index in [1.165, 1.54) is 15.8 Å². The molecule has 25 heavy (non-hydrogen) atoms. The van der Waals surface area contributed by atoms with Crippen molar-refractivity contribution in [3.63, 3.8) is 0 Å². The Morgan fingerprint density at radius 2 is 1.92 bits per heavy atom. The van der Waals surface area contributed by atoms with Crippen molar-refractivity contribution in [2.45, 2.75) is 31.5 Å². The van der Waals surface area contributed by atoms with Crippen molar-refractivity contribution in [3.05, 3.63) is 47.8 Å². The molecule has 2 aromatic rings. The van der Waals surface area contributed by atoms with Crippen LogP contribution in [0.2, 0.25) is 0 Å². The van der Waals surface area contributed by atoms with Crippen LogP contribution >= 0.6 is 0 Å². The van der Waals surface area contributed by atoms with Crippen LogP contribution in [0.15, 0.2) is 36.7 Å². The topological polar surface area (TPSA) is 74.5 Å². The average molecular weight is 341 g/mol. The van der Waals surface area contributed by atoms with Gasteiger partial charge in [0.25, 0.3) is 0 Å². The Bertz CT molecular complexity index is 708. The van der Waals surface area contributed by atoms with E-state index in [0.717, 1.165) is 19.4 Å². The normalized spacial score (nSPS) is 22.0. The van der Waals surface area contributed by atoms with E-state index in [-0.39, 0.29) is 12.5 Å². The van der Waals surface area contributed by atoms with Gasteiger partial charge in [0.15, 0.2) is 0 Å². The van der Waals surface area contributed by atoms with Gasteiger partial charge in [-0.05, 0) is 24.0 Å². The van der Waals surface area contributed by atoms with E-state index < -0.39 is 6.10 Å². The van der Waals surface area contributed by atoms with E-state index in [2.05, 4.69) is 39.5 Å². The maximum absolute atomic E-state index is 12.5. The number of rotatable bonds is 3. The monoisotopic (exact) mass is 341 g/mol. The van der Waals surface area contributed by atoms with Crippen LogP contribution in [0, 0.1) is 0 Å². The molecule has 1 aliphatic heterocycles. The number of carbonyl (C=O) groups is 1. The van der Waals surface area contributed by atoms with Gasteiger partial charge in [0.2, 0.25) is 5.91 Å². The highest BCUT2D eigenvalue weighted by Gasteiger charge is 2.31. The van der Waals surface area contributed by atoms with Crippen molar-refractivity contribution in [2.24, 2.45) is 0 Å². The van der Waals surface area contributed by atoms with E-state index in [1.807, 2.05) is 0 Å². The zero-order chi connectivity index (χ0) is 17.2. The summed E-state index contributed by atoms with van der Waals surface area (Å²) in [6.45, 7) is 2.59. The third-order valence-corrected chi connectivity index (χ3v) is 5.20. The predicted octanol–water partition coefficient (Wildman–Crippen LogP) is -0.0494. The number of benzene rings is 1. The summed E-state index contributed by atoms with van der Waals surface area (Å²) in [6, 6.07) is 8.97. The summed E-state index contributed by atoms with van der Waals surface area (Å²) in [7, 11) is 0. The Labute approximate surface area is 146 Å². The first-order valence-electron chi connectivity index (χ1n) is 8.80. The molecule has 1 saturated heterocycles. The van der Waals surface area contributed by atoms with Gasteiger partial charge in [-0.25, -0.2) is 4.68 Å². The van der Waals surface area contributed by atoms with Crippen LogP contribution in [-0.2, 0) is 24.2 Å². The highest BCUT2D eigenvalue weighted by Crippen LogP contribution is 2.26. The lowest BCUT2D eigenvalue weighted by Gasteiger charge is -2.28. The molecular weight excluding hydrogens is 318 g/mol. The van der Waals surface area contributed by atoms with Gasteiger partial charge in [0.1, 0.15) is 6.54 Å². The van der Waals surface area contributed by atoms with Crippen molar-refractivity contribution in [2.75, 3.05) is 26.2 Å². The Morgan fingerprint density at radius 3 is 2.60 bits per heavy atom. The highest BCUT2D eigenvalue weighted by atomic mass is 16.3. The van der Waals surface area contributed by atoms with Crippen molar-refractivity contribution < 1.29 is 9.90 Å². The molecule has 7 nitrogen and oxygen atoms in total. The smallest absolute Gasteiger partial charge is 0.244 e. The molecule has 1 aromatic heterocycles. The molecule has 0 spiro atoms. The number of β-amino-alcohol motifs (C(OH)–C–C–N with tert-alkyl or cyclic N) is 1. The largest absolute Gasteiger partial charge is 0.390 e. The molecule has 1 aromatic carbocycles. The molecule has 132 valence electrons. The molecule has 2 aliphatic rings. The Balaban J connectivity index is 1.39. The van der Waals surface area contributed by atoms with Crippen LogP contribution in [0.4, 0.5) is 0 Å². The summed E-state index contributed by atoms with van der Waals surface area (Å²) in [4.78, 5) is 16.6. The minimum absolute atomic E-state index is 0.0268. The predicted molar refractivity (Wildman–Crippen MR) is 91.8 cm³/mol. The van der Waals surface area contributed by atoms with E-state index >= 15 is 0 Å². The third-order valence-electron chi connectivity index (χ3n) is 5.20. The van der Waals surface area contributed by atoms with Crippen LogP contribution in [0.1, 0.15) is 11.1 Å². The van der Waals surface area contributed by atoms with Crippen LogP contribution in [0.5, 0.6) is 0 Å². The lowest BCUT2D eigenvalue weighted by Crippen LogP contribution is -2.41. The summed E-state index contributed by atoms with van der Waals surface area (Å²) in [5.41, 5.74) is 2.82. The van der Waals surface area contributed by atoms with Crippen molar-refractivity contribution in [3.8, 4) is 0 Å². The molecule has 4 rings (SSSR count). The fourth-order valence-electron chi connectivity index (χ4n) is 3.92. The Hall–Kier alpha value is -2.25. The van der Waals surface area contributed by atoms with Gasteiger partial charge in [0, 0.05) is 38.4 Å². The lowest BCUT2D eigenvalue weighted by molar-refractivity contribution is -0.133. The van der Waals surface area contributed by atoms with E-state index in [0.29, 0.717) is 25.7 Å². The van der Waals surface area contributed by atoms with Gasteiger partial charge < -0.3 is 10.0 Å². The summed E-state index contributed by atoms with van der Waals surface area (Å²) in [5.74, 6) is -0.0268. The average Bonchev–Trinajstić information content (AvgIpc) is 3.22. The maximum Gasteiger partial charge on any atom is 0.244 e. The van der Waals surface area contributed by atoms with Gasteiger partial charge >= 0.3 is 0 Å². The van der Waals surface area contributed by atoms with Crippen LogP contribution < -0.4 is 0 Å². The first-order valence-corrected chi connectivity index (χ1v) is 8.80. The second kappa shape index (κ2) is 6.93. The number of hydrogen-bond acceptors (Lipinski definition) is 5. The van der Waals surface area contributed by atoms with E-state index in [1.54, 1.807) is 17.3 Å². The zero-order valence-corrected chi connectivity index (χ0v) is 14.2. The SMILES string of the molecule is O=C(Cn1ccnn1)N1CCN(C2Cc3ccccc3C2)C[C@@H](O)C1. The summed E-state index contributed by atoms with van der Waals surface area (Å²) in [5, 5.41) is 18.0. The second-order valence-electron chi connectivity index (χ2n) is 6.92. The molecule has 1 amide bonds. The van der Waals surface area contributed by atoms with E-state index in [9.17, 15) is 9.90 Å². The first kappa shape index (κ1) is 16.2. The van der Waals surface area contributed by atoms with Crippen molar-refractivity contribution >= 4 is 5.91 Å². The summed E-state index contributed by atoms with van der Waals surface area (Å²) in [6.07, 6.45) is 4.76. The Kier molecular flexibility index (Phi) is 4.50. The molecule has 0 radical (unpaired) electrons. The number of amides is 1. The molecule has 0 bridgehead atoms. The van der Waals surface area contributed by atoms with Gasteiger partial charge in [-0.3, -0.25) is 9.69 Å². The quantitative estimate of drug-likeness (QED) is 0.847. The molecule has 0 saturated carbocycles. The number of aliphatic hydroxyl groups is 1. The number of aliphatic hydroxyl groups excluding tert-OH is 1. The number of nitrogens with zero attached hydrogens (tertiary/aromatic N) is 5. The van der Waals surface area contributed by atoms with Gasteiger partial charge in [-0.1, -0.05) is 29.5 Å². The molecule has 7 heteroatoms. The van der Waals surface area contributed by atoms with Gasteiger partial charge in [-0.15, -0.1) is 5.10 Å². The number of fused-ring (bicyclic) bond motifs is 1. The summed E-state index contributed by atoms with van der Waals surface area (Å²) < 4.78 is 1.52. The summed E-state index contributed by atoms with van der Waals surface area (Å²) >= 11 is 0. The number of aromatic nitrogens is 3. The van der Waals surface area contributed by atoms with Crippen molar-refractivity contribution in [1.29, 1.82) is 0 Å². The number of hydrogen-bond donors (Lipinski definition) is 1. The minimum atomic E-state index is -0.522. The molecule has 1 atom stereocenters. The standard InChI is InChI=1S/C18H23N5O2/c24-17-11-21(16-9-14-3-1-2-4-15(14)10-16)7-8-22(12-17)18(25)13-23-6-5-19-20-23/h1-6,16-17,24H,7-13H2/t17-/m1/s1. The molecular formula is C18H23N5O2. The molecule has 1 N–H and O–H groups in total. The third kappa shape index (κ3) is 3.57. The first-order chi connectivity index (χ1) is 12.2.